The van der Waals surface area contributed by atoms with Crippen molar-refractivity contribution in [2.75, 3.05) is 11.9 Å². The molecular weight excluding hydrogens is 212 g/mol. The van der Waals surface area contributed by atoms with Gasteiger partial charge >= 0.3 is 0 Å². The van der Waals surface area contributed by atoms with Gasteiger partial charge in [-0.2, -0.15) is 0 Å². The lowest BCUT2D eigenvalue weighted by atomic mass is 10.1. The quantitative estimate of drug-likeness (QED) is 0.845. The Bertz CT molecular complexity index is 471. The van der Waals surface area contributed by atoms with E-state index in [9.17, 15) is 5.11 Å². The zero-order valence-electron chi connectivity index (χ0n) is 9.80. The third-order valence-corrected chi connectivity index (χ3v) is 2.70. The van der Waals surface area contributed by atoms with Crippen LogP contribution in [0.5, 0.6) is 0 Å². The van der Waals surface area contributed by atoms with Gasteiger partial charge in [-0.1, -0.05) is 36.4 Å². The molecule has 0 aliphatic rings. The number of hydrogen-bond acceptors (Lipinski definition) is 3. The first-order valence-electron chi connectivity index (χ1n) is 5.65. The number of nitrogens with one attached hydrogen (secondary N) is 1. The molecule has 0 radical (unpaired) electrons. The van der Waals surface area contributed by atoms with Gasteiger partial charge in [-0.05, 0) is 24.1 Å². The molecule has 1 atom stereocenters. The van der Waals surface area contributed by atoms with Crippen molar-refractivity contribution in [2.45, 2.75) is 13.0 Å². The van der Waals surface area contributed by atoms with E-state index in [2.05, 4.69) is 10.3 Å². The van der Waals surface area contributed by atoms with Gasteiger partial charge in [0, 0.05) is 6.20 Å². The van der Waals surface area contributed by atoms with Gasteiger partial charge in [-0.25, -0.2) is 4.98 Å². The molecule has 1 aromatic carbocycles. The molecule has 88 valence electrons. The SMILES string of the molecule is Cc1cccnc1NC(CO)c1ccccc1. The fourth-order valence-corrected chi connectivity index (χ4v) is 1.72. The van der Waals surface area contributed by atoms with Crippen LogP contribution >= 0.6 is 0 Å². The van der Waals surface area contributed by atoms with Gasteiger partial charge < -0.3 is 10.4 Å². The third-order valence-electron chi connectivity index (χ3n) is 2.70. The zero-order chi connectivity index (χ0) is 12.1. The van der Waals surface area contributed by atoms with Crippen LogP contribution in [0, 0.1) is 6.92 Å². The van der Waals surface area contributed by atoms with Crippen LogP contribution in [-0.2, 0) is 0 Å². The summed E-state index contributed by atoms with van der Waals surface area (Å²) in [6, 6.07) is 13.6. The summed E-state index contributed by atoms with van der Waals surface area (Å²) >= 11 is 0. The van der Waals surface area contributed by atoms with Crippen LogP contribution in [0.15, 0.2) is 48.7 Å². The van der Waals surface area contributed by atoms with E-state index in [0.29, 0.717) is 0 Å². The lowest BCUT2D eigenvalue weighted by molar-refractivity contribution is 0.276. The highest BCUT2D eigenvalue weighted by Gasteiger charge is 2.10. The molecule has 17 heavy (non-hydrogen) atoms. The Morgan fingerprint density at radius 3 is 2.59 bits per heavy atom. The lowest BCUT2D eigenvalue weighted by Crippen LogP contribution is -2.16. The summed E-state index contributed by atoms with van der Waals surface area (Å²) in [6.45, 7) is 2.04. The van der Waals surface area contributed by atoms with Crippen LogP contribution in [-0.4, -0.2) is 16.7 Å². The smallest absolute Gasteiger partial charge is 0.129 e. The molecular formula is C14H16N2O. The number of nitrogens with zero attached hydrogens (tertiary/aromatic N) is 1. The van der Waals surface area contributed by atoms with E-state index in [1.165, 1.54) is 0 Å². The van der Waals surface area contributed by atoms with Crippen LogP contribution in [0.25, 0.3) is 0 Å². The second-order valence-electron chi connectivity index (χ2n) is 3.96. The number of rotatable bonds is 4. The Kier molecular flexibility index (Phi) is 3.73. The van der Waals surface area contributed by atoms with Crippen LogP contribution in [0.3, 0.4) is 0 Å². The van der Waals surface area contributed by atoms with Crippen molar-refractivity contribution in [3.05, 3.63) is 59.8 Å². The number of aryl methyl sites for hydroxylation is 1. The van der Waals surface area contributed by atoms with Crippen LogP contribution in [0.2, 0.25) is 0 Å². The van der Waals surface area contributed by atoms with Crippen molar-refractivity contribution in [3.8, 4) is 0 Å². The van der Waals surface area contributed by atoms with Gasteiger partial charge in [0.15, 0.2) is 0 Å². The number of pyridine rings is 1. The van der Waals surface area contributed by atoms with Crippen molar-refractivity contribution < 1.29 is 5.11 Å². The average Bonchev–Trinajstić information content (AvgIpc) is 2.39. The molecule has 3 nitrogen and oxygen atoms in total. The van der Waals surface area contributed by atoms with Crippen LogP contribution in [0.4, 0.5) is 5.82 Å². The Labute approximate surface area is 101 Å². The van der Waals surface area contributed by atoms with Crippen molar-refractivity contribution in [1.82, 2.24) is 4.98 Å². The monoisotopic (exact) mass is 228 g/mol. The number of hydrogen-bond donors (Lipinski definition) is 2. The second-order valence-corrected chi connectivity index (χ2v) is 3.96. The first kappa shape index (κ1) is 11.6. The number of aromatic nitrogens is 1. The Morgan fingerprint density at radius 1 is 1.18 bits per heavy atom. The average molecular weight is 228 g/mol. The maximum Gasteiger partial charge on any atom is 0.129 e. The first-order chi connectivity index (χ1) is 8.31. The normalized spacial score (nSPS) is 12.1. The maximum absolute atomic E-state index is 9.44. The largest absolute Gasteiger partial charge is 0.394 e. The van der Waals surface area contributed by atoms with Crippen LogP contribution in [0.1, 0.15) is 17.2 Å². The van der Waals surface area contributed by atoms with E-state index in [-0.39, 0.29) is 12.6 Å². The molecule has 0 amide bonds. The summed E-state index contributed by atoms with van der Waals surface area (Å²) in [5.74, 6) is 0.815. The second kappa shape index (κ2) is 5.46. The summed E-state index contributed by atoms with van der Waals surface area (Å²) in [6.07, 6.45) is 1.74. The van der Waals surface area contributed by atoms with Gasteiger partial charge in [0.2, 0.25) is 0 Å². The first-order valence-corrected chi connectivity index (χ1v) is 5.65. The Hall–Kier alpha value is -1.87. The fourth-order valence-electron chi connectivity index (χ4n) is 1.72. The van der Waals surface area contributed by atoms with Gasteiger partial charge in [-0.3, -0.25) is 0 Å². The topological polar surface area (TPSA) is 45.2 Å². The standard InChI is InChI=1S/C14H16N2O/c1-11-6-5-9-15-14(11)16-13(10-17)12-7-3-2-4-8-12/h2-9,13,17H,10H2,1H3,(H,15,16). The van der Waals surface area contributed by atoms with Gasteiger partial charge in [0.1, 0.15) is 5.82 Å². The molecule has 1 unspecified atom stereocenters. The molecule has 2 rings (SSSR count). The highest BCUT2D eigenvalue weighted by molar-refractivity contribution is 5.45. The molecule has 0 saturated heterocycles. The van der Waals surface area contributed by atoms with E-state index in [0.717, 1.165) is 16.9 Å². The molecule has 0 aliphatic carbocycles. The third kappa shape index (κ3) is 2.82. The molecule has 0 aliphatic heterocycles. The zero-order valence-corrected chi connectivity index (χ0v) is 9.80. The van der Waals surface area contributed by atoms with Crippen molar-refractivity contribution >= 4 is 5.82 Å². The fraction of sp³-hybridized carbons (Fsp3) is 0.214. The number of anilines is 1. The summed E-state index contributed by atoms with van der Waals surface area (Å²) in [4.78, 5) is 4.27. The molecule has 0 saturated carbocycles. The molecule has 1 aromatic heterocycles. The molecule has 2 N–H and O–H groups in total. The minimum atomic E-state index is -0.121. The van der Waals surface area contributed by atoms with Crippen molar-refractivity contribution in [2.24, 2.45) is 0 Å². The van der Waals surface area contributed by atoms with Gasteiger partial charge in [0.05, 0.1) is 12.6 Å². The molecule has 3 heteroatoms. The van der Waals surface area contributed by atoms with Gasteiger partial charge in [0.25, 0.3) is 0 Å². The number of aliphatic hydroxyl groups excluding tert-OH is 1. The predicted octanol–water partition coefficient (Wildman–Crippen LogP) is 2.54. The van der Waals surface area contributed by atoms with E-state index in [1.54, 1.807) is 6.20 Å². The summed E-state index contributed by atoms with van der Waals surface area (Å²) < 4.78 is 0. The highest BCUT2D eigenvalue weighted by atomic mass is 16.3. The minimum Gasteiger partial charge on any atom is -0.394 e. The molecule has 1 heterocycles. The van der Waals surface area contributed by atoms with E-state index in [4.69, 9.17) is 0 Å². The molecule has 0 spiro atoms. The Balaban J connectivity index is 2.19. The lowest BCUT2D eigenvalue weighted by Gasteiger charge is -2.18. The summed E-state index contributed by atoms with van der Waals surface area (Å²) in [5, 5.41) is 12.7. The number of benzene rings is 1. The van der Waals surface area contributed by atoms with Crippen molar-refractivity contribution in [1.29, 1.82) is 0 Å². The molecule has 2 aromatic rings. The van der Waals surface area contributed by atoms with E-state index < -0.39 is 0 Å². The summed E-state index contributed by atoms with van der Waals surface area (Å²) in [5.41, 5.74) is 2.13. The van der Waals surface area contributed by atoms with Crippen LogP contribution < -0.4 is 5.32 Å². The van der Waals surface area contributed by atoms with Crippen molar-refractivity contribution in [3.63, 3.8) is 0 Å². The molecule has 0 bridgehead atoms. The molecule has 0 fully saturated rings. The number of aliphatic hydroxyl groups is 1. The van der Waals surface area contributed by atoms with E-state index >= 15 is 0 Å². The summed E-state index contributed by atoms with van der Waals surface area (Å²) in [7, 11) is 0. The Morgan fingerprint density at radius 2 is 1.94 bits per heavy atom. The predicted molar refractivity (Wildman–Crippen MR) is 68.9 cm³/mol. The van der Waals surface area contributed by atoms with E-state index in [1.807, 2.05) is 49.4 Å². The highest BCUT2D eigenvalue weighted by Crippen LogP contribution is 2.19. The maximum atomic E-state index is 9.44. The minimum absolute atomic E-state index is 0.0417. The van der Waals surface area contributed by atoms with Gasteiger partial charge in [-0.15, -0.1) is 0 Å².